The van der Waals surface area contributed by atoms with E-state index in [9.17, 15) is 0 Å². The molecule has 2 aliphatic rings. The lowest BCUT2D eigenvalue weighted by atomic mass is 9.95. The Labute approximate surface area is 171 Å². The molecule has 28 heavy (non-hydrogen) atoms. The van der Waals surface area contributed by atoms with Gasteiger partial charge < -0.3 is 29.4 Å². The van der Waals surface area contributed by atoms with Gasteiger partial charge in [-0.3, -0.25) is 0 Å². The molecule has 2 heterocycles. The number of ether oxygens (including phenoxy) is 5. The maximum absolute atomic E-state index is 6.44. The molecule has 2 N–H and O–H groups in total. The predicted octanol–water partition coefficient (Wildman–Crippen LogP) is 4.27. The molecule has 5 atom stereocenters. The molecule has 0 bridgehead atoms. The van der Waals surface area contributed by atoms with Crippen LogP contribution in [-0.2, 0) is 23.7 Å². The quantitative estimate of drug-likeness (QED) is 0.390. The first-order valence-electron chi connectivity index (χ1n) is 11.1. The van der Waals surface area contributed by atoms with E-state index in [4.69, 9.17) is 29.4 Å². The number of unbranched alkanes of at least 4 members (excludes halogenated alkanes) is 7. The largest absolute Gasteiger partial charge is 0.471 e. The minimum Gasteiger partial charge on any atom is -0.471 e. The van der Waals surface area contributed by atoms with Gasteiger partial charge in [-0.15, -0.1) is 0 Å². The van der Waals surface area contributed by atoms with Crippen LogP contribution < -0.4 is 5.73 Å². The molecule has 0 spiro atoms. The fraction of sp³-hybridized carbons (Fsp3) is 0.909. The summed E-state index contributed by atoms with van der Waals surface area (Å²) in [5.41, 5.74) is 6.44. The highest BCUT2D eigenvalue weighted by Gasteiger charge is 2.51. The van der Waals surface area contributed by atoms with Gasteiger partial charge in [0, 0.05) is 6.61 Å². The zero-order valence-corrected chi connectivity index (χ0v) is 18.2. The topological polar surface area (TPSA) is 72.2 Å². The molecule has 0 aromatic heterocycles. The molecule has 2 rings (SSSR count). The van der Waals surface area contributed by atoms with Gasteiger partial charge in [-0.25, -0.2) is 0 Å². The third kappa shape index (κ3) is 7.30. The molecule has 2 saturated heterocycles. The van der Waals surface area contributed by atoms with Crippen LogP contribution in [0.25, 0.3) is 0 Å². The fourth-order valence-corrected chi connectivity index (χ4v) is 3.79. The van der Waals surface area contributed by atoms with E-state index >= 15 is 0 Å². The summed E-state index contributed by atoms with van der Waals surface area (Å²) in [6.07, 6.45) is 12.2. The van der Waals surface area contributed by atoms with E-state index in [-0.39, 0.29) is 18.3 Å². The predicted molar refractivity (Wildman–Crippen MR) is 110 cm³/mol. The number of hydrogen-bond donors (Lipinski definition) is 1. The minimum absolute atomic E-state index is 0.244. The van der Waals surface area contributed by atoms with Gasteiger partial charge in [-0.1, -0.05) is 57.9 Å². The lowest BCUT2D eigenvalue weighted by Gasteiger charge is -2.50. The summed E-state index contributed by atoms with van der Waals surface area (Å²) in [6.45, 7) is 9.08. The molecule has 6 nitrogen and oxygen atoms in total. The Kier molecular flexibility index (Phi) is 10.2. The second-order valence-electron chi connectivity index (χ2n) is 8.33. The summed E-state index contributed by atoms with van der Waals surface area (Å²) >= 11 is 0. The summed E-state index contributed by atoms with van der Waals surface area (Å²) in [5.74, 6) is -0.665. The molecule has 2 aliphatic heterocycles. The van der Waals surface area contributed by atoms with Crippen molar-refractivity contribution in [2.45, 2.75) is 115 Å². The Morgan fingerprint density at radius 3 is 2.43 bits per heavy atom. The Morgan fingerprint density at radius 1 is 1.07 bits per heavy atom. The lowest BCUT2D eigenvalue weighted by molar-refractivity contribution is -0.366. The van der Waals surface area contributed by atoms with E-state index in [1.807, 2.05) is 26.8 Å². The summed E-state index contributed by atoms with van der Waals surface area (Å²) in [5, 5.41) is 0. The van der Waals surface area contributed by atoms with Crippen molar-refractivity contribution < 1.29 is 23.7 Å². The van der Waals surface area contributed by atoms with Crippen LogP contribution in [0, 0.1) is 0 Å². The van der Waals surface area contributed by atoms with E-state index < -0.39 is 18.1 Å². The van der Waals surface area contributed by atoms with E-state index in [0.717, 1.165) is 6.42 Å². The number of fused-ring (bicyclic) bond motifs is 1. The standard InChI is InChI=1S/C22H41NO5/c1-5-7-8-9-10-11-12-13-15-24-20-18(23)21(25-14-6-2)27-17-16-26-22(3,4)28-19(17)20/h6,14,17-21H,5,7-13,15-16,23H2,1-4H3/b14-6-/t17?,18-,19?,20?,21+/m1/s1. The van der Waals surface area contributed by atoms with Gasteiger partial charge in [-0.05, 0) is 27.2 Å². The Hall–Kier alpha value is -0.660. The van der Waals surface area contributed by atoms with Gasteiger partial charge in [0.25, 0.3) is 0 Å². The number of allylic oxidation sites excluding steroid dienone is 1. The molecule has 6 heteroatoms. The first kappa shape index (κ1) is 23.6. The van der Waals surface area contributed by atoms with Crippen molar-refractivity contribution in [3.05, 3.63) is 12.3 Å². The Morgan fingerprint density at radius 2 is 1.75 bits per heavy atom. The van der Waals surface area contributed by atoms with Gasteiger partial charge in [0.05, 0.1) is 18.9 Å². The fourth-order valence-electron chi connectivity index (χ4n) is 3.79. The average molecular weight is 400 g/mol. The third-order valence-electron chi connectivity index (χ3n) is 5.36. The van der Waals surface area contributed by atoms with Crippen LogP contribution in [0.2, 0.25) is 0 Å². The molecular weight excluding hydrogens is 358 g/mol. The van der Waals surface area contributed by atoms with Gasteiger partial charge in [0.1, 0.15) is 18.3 Å². The van der Waals surface area contributed by atoms with Crippen molar-refractivity contribution in [2.75, 3.05) is 13.2 Å². The van der Waals surface area contributed by atoms with Crippen molar-refractivity contribution in [1.82, 2.24) is 0 Å². The first-order chi connectivity index (χ1) is 13.5. The van der Waals surface area contributed by atoms with Crippen molar-refractivity contribution in [2.24, 2.45) is 5.73 Å². The van der Waals surface area contributed by atoms with Crippen molar-refractivity contribution in [3.63, 3.8) is 0 Å². The van der Waals surface area contributed by atoms with Crippen LogP contribution in [0.1, 0.15) is 79.1 Å². The van der Waals surface area contributed by atoms with E-state index in [1.54, 1.807) is 6.26 Å². The monoisotopic (exact) mass is 399 g/mol. The number of hydrogen-bond acceptors (Lipinski definition) is 6. The lowest BCUT2D eigenvalue weighted by Crippen LogP contribution is -2.67. The van der Waals surface area contributed by atoms with Crippen molar-refractivity contribution in [1.29, 1.82) is 0 Å². The summed E-state index contributed by atoms with van der Waals surface area (Å²) in [6, 6.07) is -0.416. The smallest absolute Gasteiger partial charge is 0.217 e. The highest BCUT2D eigenvalue weighted by molar-refractivity contribution is 4.97. The maximum atomic E-state index is 6.44. The van der Waals surface area contributed by atoms with Crippen LogP contribution in [-0.4, -0.2) is 49.6 Å². The van der Waals surface area contributed by atoms with Crippen LogP contribution in [0.4, 0.5) is 0 Å². The summed E-state index contributed by atoms with van der Waals surface area (Å²) in [4.78, 5) is 0. The SMILES string of the molecule is C/C=C\O[C@H]1OC2COC(C)(C)OC2C(OCCCCCCCCCC)[C@H]1N. The molecule has 0 aromatic rings. The van der Waals surface area contributed by atoms with Gasteiger partial charge in [-0.2, -0.15) is 0 Å². The van der Waals surface area contributed by atoms with Crippen LogP contribution >= 0.6 is 0 Å². The number of nitrogens with two attached hydrogens (primary N) is 1. The molecule has 0 aromatic carbocycles. The second kappa shape index (κ2) is 12.1. The Bertz CT molecular complexity index is 456. The summed E-state index contributed by atoms with van der Waals surface area (Å²) in [7, 11) is 0. The molecule has 3 unspecified atom stereocenters. The molecule has 0 aliphatic carbocycles. The van der Waals surface area contributed by atoms with Crippen LogP contribution in [0.3, 0.4) is 0 Å². The van der Waals surface area contributed by atoms with Crippen LogP contribution in [0.5, 0.6) is 0 Å². The molecule has 0 amide bonds. The molecule has 164 valence electrons. The van der Waals surface area contributed by atoms with Gasteiger partial charge in [0.2, 0.25) is 6.29 Å². The van der Waals surface area contributed by atoms with E-state index in [0.29, 0.717) is 13.2 Å². The second-order valence-corrected chi connectivity index (χ2v) is 8.33. The third-order valence-corrected chi connectivity index (χ3v) is 5.36. The van der Waals surface area contributed by atoms with Crippen molar-refractivity contribution >= 4 is 0 Å². The molecule has 0 radical (unpaired) electrons. The highest BCUT2D eigenvalue weighted by atomic mass is 16.8. The van der Waals surface area contributed by atoms with E-state index in [2.05, 4.69) is 6.92 Å². The van der Waals surface area contributed by atoms with E-state index in [1.165, 1.54) is 44.9 Å². The summed E-state index contributed by atoms with van der Waals surface area (Å²) < 4.78 is 29.7. The zero-order valence-electron chi connectivity index (χ0n) is 18.2. The number of rotatable bonds is 12. The average Bonchev–Trinajstić information content (AvgIpc) is 2.66. The highest BCUT2D eigenvalue weighted by Crippen LogP contribution is 2.33. The molecular formula is C22H41NO5. The van der Waals surface area contributed by atoms with Gasteiger partial charge >= 0.3 is 0 Å². The van der Waals surface area contributed by atoms with Crippen molar-refractivity contribution in [3.8, 4) is 0 Å². The maximum Gasteiger partial charge on any atom is 0.217 e. The van der Waals surface area contributed by atoms with Crippen LogP contribution in [0.15, 0.2) is 12.3 Å². The normalized spacial score (nSPS) is 32.4. The van der Waals surface area contributed by atoms with Gasteiger partial charge in [0.15, 0.2) is 5.79 Å². The minimum atomic E-state index is -0.665. The first-order valence-corrected chi connectivity index (χ1v) is 11.1. The molecule has 0 saturated carbocycles. The zero-order chi connectivity index (χ0) is 20.4. The molecule has 2 fully saturated rings. The Balaban J connectivity index is 1.81.